The number of benzene rings is 2. The number of carbonyl (C=O) groups excluding carboxylic acids is 1. The van der Waals surface area contributed by atoms with Gasteiger partial charge in [-0.25, -0.2) is 13.4 Å². The number of carbonyl (C=O) groups is 1. The number of sulfonamides is 1. The van der Waals surface area contributed by atoms with Crippen molar-refractivity contribution in [2.75, 3.05) is 10.0 Å². The number of anilines is 2. The fraction of sp³-hybridized carbons (Fsp3) is 0.125. The number of hydrogen-bond donors (Lipinski definition) is 2. The van der Waals surface area contributed by atoms with Gasteiger partial charge in [-0.3, -0.25) is 9.52 Å². The molecule has 3 rings (SSSR count). The van der Waals surface area contributed by atoms with Crippen molar-refractivity contribution in [2.45, 2.75) is 18.7 Å². The van der Waals surface area contributed by atoms with E-state index < -0.39 is 10.0 Å². The number of oxazole rings is 1. The molecule has 0 aliphatic rings. The first-order valence-electron chi connectivity index (χ1n) is 7.11. The van der Waals surface area contributed by atoms with Crippen LogP contribution in [-0.2, 0) is 14.8 Å². The fourth-order valence-electron chi connectivity index (χ4n) is 2.23. The molecule has 2 aromatic carbocycles. The summed E-state index contributed by atoms with van der Waals surface area (Å²) in [7, 11) is -3.76. The Bertz CT molecular complexity index is 1010. The van der Waals surface area contributed by atoms with E-state index >= 15 is 0 Å². The molecule has 1 aromatic heterocycles. The molecule has 1 heterocycles. The molecule has 8 heteroatoms. The number of aromatic nitrogens is 1. The summed E-state index contributed by atoms with van der Waals surface area (Å²) >= 11 is 0. The van der Waals surface area contributed by atoms with Gasteiger partial charge in [0.1, 0.15) is 5.52 Å². The van der Waals surface area contributed by atoms with Crippen LogP contribution >= 0.6 is 0 Å². The summed E-state index contributed by atoms with van der Waals surface area (Å²) in [5.41, 5.74) is 1.99. The van der Waals surface area contributed by atoms with Crippen LogP contribution in [0.2, 0.25) is 0 Å². The van der Waals surface area contributed by atoms with Crippen LogP contribution in [0.1, 0.15) is 12.8 Å². The second-order valence-electron chi connectivity index (χ2n) is 5.23. The van der Waals surface area contributed by atoms with Crippen molar-refractivity contribution in [1.29, 1.82) is 0 Å². The van der Waals surface area contributed by atoms with Gasteiger partial charge in [0.25, 0.3) is 10.0 Å². The van der Waals surface area contributed by atoms with Gasteiger partial charge < -0.3 is 9.73 Å². The highest BCUT2D eigenvalue weighted by Gasteiger charge is 2.16. The molecule has 0 saturated heterocycles. The largest absolute Gasteiger partial charge is 0.441 e. The number of amides is 1. The molecule has 0 atom stereocenters. The Labute approximate surface area is 138 Å². The van der Waals surface area contributed by atoms with Crippen LogP contribution in [0.4, 0.5) is 11.4 Å². The van der Waals surface area contributed by atoms with Crippen LogP contribution < -0.4 is 10.0 Å². The zero-order valence-corrected chi connectivity index (χ0v) is 13.8. The first kappa shape index (κ1) is 16.0. The van der Waals surface area contributed by atoms with Gasteiger partial charge in [0.05, 0.1) is 4.90 Å². The van der Waals surface area contributed by atoms with Gasteiger partial charge in [0, 0.05) is 31.3 Å². The topological polar surface area (TPSA) is 101 Å². The van der Waals surface area contributed by atoms with Crippen LogP contribution in [0.3, 0.4) is 0 Å². The molecular formula is C16H15N3O4S. The lowest BCUT2D eigenvalue weighted by Crippen LogP contribution is -2.13. The van der Waals surface area contributed by atoms with E-state index in [0.717, 1.165) is 0 Å². The van der Waals surface area contributed by atoms with Crippen LogP contribution in [0.5, 0.6) is 0 Å². The van der Waals surface area contributed by atoms with Crippen molar-refractivity contribution >= 4 is 38.4 Å². The zero-order chi connectivity index (χ0) is 17.3. The number of hydrogen-bond acceptors (Lipinski definition) is 5. The average molecular weight is 345 g/mol. The Balaban J connectivity index is 1.85. The van der Waals surface area contributed by atoms with Crippen LogP contribution in [0.25, 0.3) is 11.1 Å². The average Bonchev–Trinajstić information content (AvgIpc) is 2.87. The highest BCUT2D eigenvalue weighted by molar-refractivity contribution is 7.92. The third kappa shape index (κ3) is 3.38. The van der Waals surface area contributed by atoms with E-state index in [1.165, 1.54) is 19.1 Å². The maximum atomic E-state index is 12.5. The molecule has 0 fully saturated rings. The van der Waals surface area contributed by atoms with Gasteiger partial charge >= 0.3 is 0 Å². The molecule has 0 saturated carbocycles. The Morgan fingerprint density at radius 1 is 1.08 bits per heavy atom. The molecule has 0 unspecified atom stereocenters. The quantitative estimate of drug-likeness (QED) is 0.757. The minimum Gasteiger partial charge on any atom is -0.441 e. The van der Waals surface area contributed by atoms with Gasteiger partial charge in [-0.15, -0.1) is 0 Å². The summed E-state index contributed by atoms with van der Waals surface area (Å²) in [6.07, 6.45) is 0. The minimum atomic E-state index is -3.76. The van der Waals surface area contributed by atoms with E-state index in [4.69, 9.17) is 4.42 Å². The van der Waals surface area contributed by atoms with Crippen LogP contribution in [-0.4, -0.2) is 19.3 Å². The number of nitrogens with one attached hydrogen (secondary N) is 2. The minimum absolute atomic E-state index is 0.0806. The first-order chi connectivity index (χ1) is 11.3. The van der Waals surface area contributed by atoms with Crippen molar-refractivity contribution < 1.29 is 17.6 Å². The summed E-state index contributed by atoms with van der Waals surface area (Å²) in [5.74, 6) is 0.278. The maximum absolute atomic E-state index is 12.5. The third-order valence-corrected chi connectivity index (χ3v) is 4.61. The van der Waals surface area contributed by atoms with Crippen molar-refractivity contribution in [3.8, 4) is 0 Å². The lowest BCUT2D eigenvalue weighted by molar-refractivity contribution is -0.114. The van der Waals surface area contributed by atoms with E-state index in [2.05, 4.69) is 15.0 Å². The first-order valence-corrected chi connectivity index (χ1v) is 8.59. The predicted molar refractivity (Wildman–Crippen MR) is 90.3 cm³/mol. The highest BCUT2D eigenvalue weighted by atomic mass is 32.2. The zero-order valence-electron chi connectivity index (χ0n) is 13.0. The molecule has 3 aromatic rings. The molecule has 124 valence electrons. The third-order valence-electron chi connectivity index (χ3n) is 3.23. The van der Waals surface area contributed by atoms with Crippen LogP contribution in [0.15, 0.2) is 51.8 Å². The lowest BCUT2D eigenvalue weighted by atomic mass is 10.3. The number of fused-ring (bicyclic) bond motifs is 1. The number of rotatable bonds is 4. The molecule has 0 aliphatic heterocycles. The van der Waals surface area contributed by atoms with Gasteiger partial charge in [-0.05, 0) is 36.4 Å². The SMILES string of the molecule is CC(=O)Nc1ccc(NS(=O)(=O)c2ccc3nc(C)oc3c2)cc1. The second-order valence-corrected chi connectivity index (χ2v) is 6.91. The molecule has 0 spiro atoms. The van der Waals surface area contributed by atoms with Crippen molar-refractivity contribution in [1.82, 2.24) is 4.98 Å². The molecule has 0 bridgehead atoms. The highest BCUT2D eigenvalue weighted by Crippen LogP contribution is 2.22. The maximum Gasteiger partial charge on any atom is 0.262 e. The predicted octanol–water partition coefficient (Wildman–Crippen LogP) is 2.90. The van der Waals surface area contributed by atoms with E-state index in [1.54, 1.807) is 37.3 Å². The lowest BCUT2D eigenvalue weighted by Gasteiger charge is -2.09. The number of aryl methyl sites for hydroxylation is 1. The van der Waals surface area contributed by atoms with Crippen molar-refractivity contribution in [3.05, 3.63) is 48.4 Å². The Kier molecular flexibility index (Phi) is 3.98. The van der Waals surface area contributed by atoms with E-state index in [9.17, 15) is 13.2 Å². The summed E-state index contributed by atoms with van der Waals surface area (Å²) < 4.78 is 32.8. The summed E-state index contributed by atoms with van der Waals surface area (Å²) in [6.45, 7) is 3.10. The van der Waals surface area contributed by atoms with E-state index in [1.807, 2.05) is 0 Å². The van der Waals surface area contributed by atoms with Crippen molar-refractivity contribution in [3.63, 3.8) is 0 Å². The van der Waals surface area contributed by atoms with Gasteiger partial charge in [-0.1, -0.05) is 0 Å². The molecule has 7 nitrogen and oxygen atoms in total. The van der Waals surface area contributed by atoms with E-state index in [-0.39, 0.29) is 10.8 Å². The Morgan fingerprint density at radius 3 is 2.42 bits per heavy atom. The second kappa shape index (κ2) is 5.97. The Hall–Kier alpha value is -2.87. The molecule has 0 radical (unpaired) electrons. The molecule has 2 N–H and O–H groups in total. The summed E-state index contributed by atoms with van der Waals surface area (Å²) in [4.78, 5) is 15.2. The van der Waals surface area contributed by atoms with Gasteiger partial charge in [0.2, 0.25) is 5.91 Å². The van der Waals surface area contributed by atoms with Crippen molar-refractivity contribution in [2.24, 2.45) is 0 Å². The molecule has 24 heavy (non-hydrogen) atoms. The summed E-state index contributed by atoms with van der Waals surface area (Å²) in [5, 5.41) is 2.61. The molecule has 0 aliphatic carbocycles. The van der Waals surface area contributed by atoms with E-state index in [0.29, 0.717) is 28.4 Å². The smallest absolute Gasteiger partial charge is 0.262 e. The molecule has 1 amide bonds. The molecular weight excluding hydrogens is 330 g/mol. The Morgan fingerprint density at radius 2 is 1.75 bits per heavy atom. The fourth-order valence-corrected chi connectivity index (χ4v) is 3.30. The van der Waals surface area contributed by atoms with Gasteiger partial charge in [-0.2, -0.15) is 0 Å². The normalized spacial score (nSPS) is 11.4. The number of nitrogens with zero attached hydrogens (tertiary/aromatic N) is 1. The van der Waals surface area contributed by atoms with Crippen LogP contribution in [0, 0.1) is 6.92 Å². The standard InChI is InChI=1S/C16H15N3O4S/c1-10(20)17-12-3-5-13(6-4-12)19-24(21,22)14-7-8-15-16(9-14)23-11(2)18-15/h3-9,19H,1-2H3,(H,17,20). The summed E-state index contributed by atoms with van der Waals surface area (Å²) in [6, 6.07) is 10.9. The monoisotopic (exact) mass is 345 g/mol. The van der Waals surface area contributed by atoms with Gasteiger partial charge in [0.15, 0.2) is 11.5 Å².